The van der Waals surface area contributed by atoms with E-state index in [1.54, 1.807) is 39.0 Å². The second-order valence-corrected chi connectivity index (χ2v) is 6.69. The summed E-state index contributed by atoms with van der Waals surface area (Å²) in [5, 5.41) is 5.48. The first-order valence-electron chi connectivity index (χ1n) is 6.25. The number of rotatable bonds is 2. The summed E-state index contributed by atoms with van der Waals surface area (Å²) >= 11 is 7.49. The number of aromatic nitrogens is 1. The van der Waals surface area contributed by atoms with Crippen LogP contribution in [0.15, 0.2) is 23.6 Å². The van der Waals surface area contributed by atoms with Crippen LogP contribution in [0.4, 0.5) is 15.6 Å². The van der Waals surface area contributed by atoms with Gasteiger partial charge in [0.2, 0.25) is 0 Å². The van der Waals surface area contributed by atoms with Crippen LogP contribution >= 0.6 is 22.9 Å². The Morgan fingerprint density at radius 2 is 2.14 bits per heavy atom. The number of ether oxygens (including phenoxy) is 1. The Labute approximate surface area is 132 Å². The van der Waals surface area contributed by atoms with Gasteiger partial charge in [0.25, 0.3) is 0 Å². The first kappa shape index (κ1) is 15.6. The number of anilines is 2. The zero-order valence-corrected chi connectivity index (χ0v) is 13.5. The number of carbonyl (C=O) groups excluding carboxylic acids is 1. The maximum atomic E-state index is 11.8. The topological polar surface area (TPSA) is 77.2 Å². The number of nitrogen functional groups attached to an aromatic ring is 1. The van der Waals surface area contributed by atoms with Crippen molar-refractivity contribution in [2.75, 3.05) is 11.1 Å². The van der Waals surface area contributed by atoms with Crippen molar-refractivity contribution in [1.29, 1.82) is 0 Å². The zero-order valence-electron chi connectivity index (χ0n) is 11.9. The monoisotopic (exact) mass is 325 g/mol. The van der Waals surface area contributed by atoms with E-state index in [0.29, 0.717) is 27.1 Å². The molecule has 21 heavy (non-hydrogen) atoms. The van der Waals surface area contributed by atoms with E-state index >= 15 is 0 Å². The largest absolute Gasteiger partial charge is 0.444 e. The molecule has 0 aliphatic heterocycles. The molecule has 0 saturated carbocycles. The van der Waals surface area contributed by atoms with Gasteiger partial charge in [-0.2, -0.15) is 0 Å². The first-order valence-corrected chi connectivity index (χ1v) is 7.51. The molecule has 5 nitrogen and oxygen atoms in total. The highest BCUT2D eigenvalue weighted by atomic mass is 35.5. The molecule has 0 saturated heterocycles. The van der Waals surface area contributed by atoms with Gasteiger partial charge in [-0.15, -0.1) is 11.3 Å². The van der Waals surface area contributed by atoms with Gasteiger partial charge < -0.3 is 10.5 Å². The molecule has 0 bridgehead atoms. The van der Waals surface area contributed by atoms with Crippen LogP contribution in [0.25, 0.3) is 11.3 Å². The SMILES string of the molecule is CC(C)(C)OC(=O)Nc1ccc(Cl)c(-c2csc(N)n2)c1. The Balaban J connectivity index is 2.21. The lowest BCUT2D eigenvalue weighted by Gasteiger charge is -2.19. The van der Waals surface area contributed by atoms with Gasteiger partial charge in [0.1, 0.15) is 5.60 Å². The molecule has 1 aromatic carbocycles. The molecule has 1 aromatic heterocycles. The Hall–Kier alpha value is -1.79. The lowest BCUT2D eigenvalue weighted by molar-refractivity contribution is 0.0636. The average Bonchev–Trinajstić information content (AvgIpc) is 2.76. The van der Waals surface area contributed by atoms with Crippen molar-refractivity contribution in [3.05, 3.63) is 28.6 Å². The van der Waals surface area contributed by atoms with Gasteiger partial charge in [0, 0.05) is 16.6 Å². The molecule has 0 radical (unpaired) electrons. The van der Waals surface area contributed by atoms with Crippen molar-refractivity contribution in [3.63, 3.8) is 0 Å². The number of amides is 1. The molecule has 7 heteroatoms. The fourth-order valence-corrected chi connectivity index (χ4v) is 2.41. The van der Waals surface area contributed by atoms with Crippen LogP contribution in [-0.2, 0) is 4.74 Å². The highest BCUT2D eigenvalue weighted by Gasteiger charge is 2.17. The summed E-state index contributed by atoms with van der Waals surface area (Å²) in [6, 6.07) is 5.13. The molecule has 0 unspecified atom stereocenters. The number of benzene rings is 1. The third-order valence-electron chi connectivity index (χ3n) is 2.41. The van der Waals surface area contributed by atoms with E-state index in [1.807, 2.05) is 5.38 Å². The minimum absolute atomic E-state index is 0.464. The molecule has 0 aliphatic rings. The number of nitrogens with zero attached hydrogens (tertiary/aromatic N) is 1. The van der Waals surface area contributed by atoms with Crippen molar-refractivity contribution in [3.8, 4) is 11.3 Å². The van der Waals surface area contributed by atoms with E-state index < -0.39 is 11.7 Å². The lowest BCUT2D eigenvalue weighted by atomic mass is 10.1. The standard InChI is InChI=1S/C14H16ClN3O2S/c1-14(2,3)20-13(19)17-8-4-5-10(15)9(6-8)11-7-21-12(16)18-11/h4-7H,1-3H3,(H2,16,18)(H,17,19). The molecule has 2 aromatic rings. The van der Waals surface area contributed by atoms with Gasteiger partial charge in [-0.05, 0) is 39.0 Å². The molecular weight excluding hydrogens is 310 g/mol. The normalized spacial score (nSPS) is 11.2. The van der Waals surface area contributed by atoms with E-state index in [4.69, 9.17) is 22.1 Å². The molecule has 2 rings (SSSR count). The quantitative estimate of drug-likeness (QED) is 0.858. The third-order valence-corrected chi connectivity index (χ3v) is 3.41. The molecule has 0 spiro atoms. The van der Waals surface area contributed by atoms with Crippen molar-refractivity contribution in [1.82, 2.24) is 4.98 Å². The van der Waals surface area contributed by atoms with Crippen LogP contribution < -0.4 is 11.1 Å². The summed E-state index contributed by atoms with van der Waals surface area (Å²) in [5.74, 6) is 0. The zero-order chi connectivity index (χ0) is 15.6. The fraction of sp³-hybridized carbons (Fsp3) is 0.286. The van der Waals surface area contributed by atoms with E-state index in [1.165, 1.54) is 11.3 Å². The lowest BCUT2D eigenvalue weighted by Crippen LogP contribution is -2.27. The first-order chi connectivity index (χ1) is 9.74. The van der Waals surface area contributed by atoms with E-state index in [-0.39, 0.29) is 0 Å². The van der Waals surface area contributed by atoms with E-state index in [0.717, 1.165) is 0 Å². The number of thiazole rings is 1. The Morgan fingerprint density at radius 3 is 2.71 bits per heavy atom. The summed E-state index contributed by atoms with van der Waals surface area (Å²) in [7, 11) is 0. The predicted molar refractivity (Wildman–Crippen MR) is 86.8 cm³/mol. The van der Waals surface area contributed by atoms with Crippen LogP contribution in [0.3, 0.4) is 0 Å². The summed E-state index contributed by atoms with van der Waals surface area (Å²) in [5.41, 5.74) is 7.04. The van der Waals surface area contributed by atoms with Gasteiger partial charge in [-0.3, -0.25) is 5.32 Å². The van der Waals surface area contributed by atoms with Crippen LogP contribution in [0.2, 0.25) is 5.02 Å². The minimum atomic E-state index is -0.553. The van der Waals surface area contributed by atoms with E-state index in [2.05, 4.69) is 10.3 Å². The number of hydrogen-bond donors (Lipinski definition) is 2. The summed E-state index contributed by atoms with van der Waals surface area (Å²) < 4.78 is 5.20. The van der Waals surface area contributed by atoms with Crippen LogP contribution in [0.1, 0.15) is 20.8 Å². The average molecular weight is 326 g/mol. The fourth-order valence-electron chi connectivity index (χ4n) is 1.63. The van der Waals surface area contributed by atoms with Gasteiger partial charge in [0.15, 0.2) is 5.13 Å². The number of nitrogens with two attached hydrogens (primary N) is 1. The Morgan fingerprint density at radius 1 is 1.43 bits per heavy atom. The highest BCUT2D eigenvalue weighted by molar-refractivity contribution is 7.13. The number of carbonyl (C=O) groups is 1. The summed E-state index contributed by atoms with van der Waals surface area (Å²) in [6.07, 6.45) is -0.520. The molecule has 112 valence electrons. The van der Waals surface area contributed by atoms with Crippen molar-refractivity contribution < 1.29 is 9.53 Å². The van der Waals surface area contributed by atoms with Crippen LogP contribution in [0.5, 0.6) is 0 Å². The van der Waals surface area contributed by atoms with E-state index in [9.17, 15) is 4.79 Å². The summed E-state index contributed by atoms with van der Waals surface area (Å²) in [6.45, 7) is 5.41. The molecule has 1 heterocycles. The molecular formula is C14H16ClN3O2S. The number of halogens is 1. The van der Waals surface area contributed by atoms with Crippen LogP contribution in [0, 0.1) is 0 Å². The highest BCUT2D eigenvalue weighted by Crippen LogP contribution is 2.32. The van der Waals surface area contributed by atoms with Crippen molar-refractivity contribution in [2.45, 2.75) is 26.4 Å². The maximum Gasteiger partial charge on any atom is 0.412 e. The molecule has 0 atom stereocenters. The number of hydrogen-bond acceptors (Lipinski definition) is 5. The molecule has 1 amide bonds. The molecule has 3 N–H and O–H groups in total. The minimum Gasteiger partial charge on any atom is -0.444 e. The van der Waals surface area contributed by atoms with Gasteiger partial charge in [-0.25, -0.2) is 9.78 Å². The van der Waals surface area contributed by atoms with Crippen molar-refractivity contribution in [2.24, 2.45) is 0 Å². The molecule has 0 fully saturated rings. The van der Waals surface area contributed by atoms with Gasteiger partial charge in [-0.1, -0.05) is 11.6 Å². The second-order valence-electron chi connectivity index (χ2n) is 5.39. The summed E-state index contributed by atoms with van der Waals surface area (Å²) in [4.78, 5) is 16.0. The maximum absolute atomic E-state index is 11.8. The van der Waals surface area contributed by atoms with Crippen molar-refractivity contribution >= 4 is 39.8 Å². The Kier molecular flexibility index (Phi) is 4.39. The number of nitrogens with one attached hydrogen (secondary N) is 1. The van der Waals surface area contributed by atoms with Gasteiger partial charge in [0.05, 0.1) is 10.7 Å². The second kappa shape index (κ2) is 5.91. The molecule has 0 aliphatic carbocycles. The predicted octanol–water partition coefficient (Wildman–Crippen LogP) is 4.39. The van der Waals surface area contributed by atoms with Crippen LogP contribution in [-0.4, -0.2) is 16.7 Å². The third kappa shape index (κ3) is 4.34. The van der Waals surface area contributed by atoms with Gasteiger partial charge >= 0.3 is 6.09 Å². The smallest absolute Gasteiger partial charge is 0.412 e. The Bertz CT molecular complexity index is 664.